The topological polar surface area (TPSA) is 41.6 Å². The highest BCUT2D eigenvalue weighted by Gasteiger charge is 2.11. The van der Waals surface area contributed by atoms with Crippen molar-refractivity contribution >= 4 is 11.8 Å². The van der Waals surface area contributed by atoms with E-state index in [1.165, 1.54) is 0 Å². The summed E-state index contributed by atoms with van der Waals surface area (Å²) in [5.74, 6) is 0.389. The van der Waals surface area contributed by atoms with E-state index in [0.717, 1.165) is 16.3 Å². The predicted octanol–water partition coefficient (Wildman–Crippen LogP) is 3.59. The number of benzene rings is 1. The van der Waals surface area contributed by atoms with E-state index in [-0.39, 0.29) is 0 Å². The summed E-state index contributed by atoms with van der Waals surface area (Å²) in [5, 5.41) is 13.8. The quantitative estimate of drug-likeness (QED) is 0.789. The number of nitrogens with zero attached hydrogens (tertiary/aromatic N) is 3. The van der Waals surface area contributed by atoms with Gasteiger partial charge in [0.1, 0.15) is 6.07 Å². The van der Waals surface area contributed by atoms with Crippen LogP contribution in [0, 0.1) is 11.3 Å². The Bertz CT molecular complexity index is 593. The summed E-state index contributed by atoms with van der Waals surface area (Å²) in [6, 6.07) is 10.1. The number of thioether (sulfide) groups is 1. The summed E-state index contributed by atoms with van der Waals surface area (Å²) in [5.41, 5.74) is 2.56. The Balaban J connectivity index is 2.53. The van der Waals surface area contributed by atoms with Gasteiger partial charge < -0.3 is 0 Å². The zero-order valence-electron chi connectivity index (χ0n) is 10.7. The van der Waals surface area contributed by atoms with Gasteiger partial charge in [-0.25, -0.2) is 4.68 Å². The van der Waals surface area contributed by atoms with Gasteiger partial charge in [-0.2, -0.15) is 10.4 Å². The average molecular weight is 257 g/mol. The van der Waals surface area contributed by atoms with E-state index in [9.17, 15) is 5.26 Å². The first-order valence-corrected chi connectivity index (χ1v) is 7.03. The predicted molar refractivity (Wildman–Crippen MR) is 74.1 cm³/mol. The zero-order chi connectivity index (χ0) is 13.1. The minimum atomic E-state index is 0.389. The molecule has 0 amide bonds. The summed E-state index contributed by atoms with van der Waals surface area (Å²) in [4.78, 5) is 0.983. The second kappa shape index (κ2) is 5.28. The van der Waals surface area contributed by atoms with Gasteiger partial charge in [0.15, 0.2) is 0 Å². The molecule has 0 saturated heterocycles. The zero-order valence-corrected chi connectivity index (χ0v) is 11.5. The normalized spacial score (nSPS) is 10.6. The van der Waals surface area contributed by atoms with Crippen LogP contribution < -0.4 is 0 Å². The van der Waals surface area contributed by atoms with Crippen molar-refractivity contribution < 1.29 is 0 Å². The van der Waals surface area contributed by atoms with Gasteiger partial charge in [-0.3, -0.25) is 0 Å². The molecule has 2 rings (SSSR count). The number of rotatable bonds is 3. The molecule has 0 unspecified atom stereocenters. The Kier molecular flexibility index (Phi) is 3.73. The molecule has 0 aliphatic carbocycles. The van der Waals surface area contributed by atoms with E-state index in [0.29, 0.717) is 11.5 Å². The highest BCUT2D eigenvalue weighted by atomic mass is 32.2. The fraction of sp³-hybridized carbons (Fsp3) is 0.286. The maximum absolute atomic E-state index is 9.30. The SMILES string of the molecule is CSc1cccc(-n2ccc(C(C)C)n2)c1C#N. The van der Waals surface area contributed by atoms with Crippen LogP contribution in [0.1, 0.15) is 31.0 Å². The van der Waals surface area contributed by atoms with Crippen LogP contribution in [0.15, 0.2) is 35.4 Å². The first kappa shape index (κ1) is 12.7. The molecule has 0 atom stereocenters. The minimum Gasteiger partial charge on any atom is -0.239 e. The fourth-order valence-electron chi connectivity index (χ4n) is 1.77. The third kappa shape index (κ3) is 2.27. The molecule has 18 heavy (non-hydrogen) atoms. The molecule has 0 spiro atoms. The molecule has 1 aromatic heterocycles. The molecule has 0 aliphatic rings. The lowest BCUT2D eigenvalue weighted by Crippen LogP contribution is -2.00. The van der Waals surface area contributed by atoms with Crippen LogP contribution in [0.25, 0.3) is 5.69 Å². The summed E-state index contributed by atoms with van der Waals surface area (Å²) in [6.07, 6.45) is 3.89. The Hall–Kier alpha value is -1.73. The summed E-state index contributed by atoms with van der Waals surface area (Å²) in [6.45, 7) is 4.21. The van der Waals surface area contributed by atoms with E-state index in [1.807, 2.05) is 36.7 Å². The van der Waals surface area contributed by atoms with E-state index in [4.69, 9.17) is 0 Å². The molecule has 1 aromatic carbocycles. The van der Waals surface area contributed by atoms with Gasteiger partial charge in [-0.1, -0.05) is 19.9 Å². The van der Waals surface area contributed by atoms with Crippen molar-refractivity contribution in [2.24, 2.45) is 0 Å². The number of hydrogen-bond donors (Lipinski definition) is 0. The molecule has 0 fully saturated rings. The lowest BCUT2D eigenvalue weighted by Gasteiger charge is -2.07. The lowest BCUT2D eigenvalue weighted by molar-refractivity contribution is 0.766. The van der Waals surface area contributed by atoms with Crippen LogP contribution in [0.3, 0.4) is 0 Å². The minimum absolute atomic E-state index is 0.389. The van der Waals surface area contributed by atoms with Crippen LogP contribution in [0.5, 0.6) is 0 Å². The van der Waals surface area contributed by atoms with E-state index < -0.39 is 0 Å². The van der Waals surface area contributed by atoms with Gasteiger partial charge in [-0.05, 0) is 30.4 Å². The smallest absolute Gasteiger partial charge is 0.103 e. The Labute approximate surface area is 111 Å². The first-order chi connectivity index (χ1) is 8.67. The Morgan fingerprint density at radius 2 is 2.11 bits per heavy atom. The molecular weight excluding hydrogens is 242 g/mol. The third-order valence-electron chi connectivity index (χ3n) is 2.78. The van der Waals surface area contributed by atoms with Gasteiger partial charge in [-0.15, -0.1) is 11.8 Å². The highest BCUT2D eigenvalue weighted by Crippen LogP contribution is 2.25. The van der Waals surface area contributed by atoms with Crippen LogP contribution in [0.2, 0.25) is 0 Å². The molecule has 0 saturated carbocycles. The summed E-state index contributed by atoms with van der Waals surface area (Å²) >= 11 is 1.58. The lowest BCUT2D eigenvalue weighted by atomic mass is 10.1. The monoisotopic (exact) mass is 257 g/mol. The van der Waals surface area contributed by atoms with Gasteiger partial charge in [0.25, 0.3) is 0 Å². The van der Waals surface area contributed by atoms with E-state index >= 15 is 0 Å². The number of hydrogen-bond acceptors (Lipinski definition) is 3. The largest absolute Gasteiger partial charge is 0.239 e. The van der Waals surface area contributed by atoms with Crippen molar-refractivity contribution in [3.05, 3.63) is 41.7 Å². The van der Waals surface area contributed by atoms with Crippen molar-refractivity contribution in [3.63, 3.8) is 0 Å². The molecule has 0 N–H and O–H groups in total. The standard InChI is InChI=1S/C14H15N3S/c1-10(2)12-7-8-17(16-12)13-5-4-6-14(18-3)11(13)9-15/h4-8,10H,1-3H3. The van der Waals surface area contributed by atoms with E-state index in [1.54, 1.807) is 16.4 Å². The maximum atomic E-state index is 9.30. The number of nitriles is 1. The van der Waals surface area contributed by atoms with Crippen molar-refractivity contribution in [3.8, 4) is 11.8 Å². The van der Waals surface area contributed by atoms with Crippen molar-refractivity contribution in [1.29, 1.82) is 5.26 Å². The molecule has 0 aliphatic heterocycles. The molecule has 0 bridgehead atoms. The molecule has 0 radical (unpaired) electrons. The Morgan fingerprint density at radius 1 is 1.33 bits per heavy atom. The second-order valence-corrected chi connectivity index (χ2v) is 5.15. The van der Waals surface area contributed by atoms with Crippen molar-refractivity contribution in [2.75, 3.05) is 6.26 Å². The number of aromatic nitrogens is 2. The highest BCUT2D eigenvalue weighted by molar-refractivity contribution is 7.98. The maximum Gasteiger partial charge on any atom is 0.103 e. The van der Waals surface area contributed by atoms with Crippen molar-refractivity contribution in [2.45, 2.75) is 24.7 Å². The molecule has 92 valence electrons. The Morgan fingerprint density at radius 3 is 2.67 bits per heavy atom. The average Bonchev–Trinajstić information content (AvgIpc) is 2.87. The van der Waals surface area contributed by atoms with Crippen LogP contribution >= 0.6 is 11.8 Å². The van der Waals surface area contributed by atoms with Gasteiger partial charge in [0.2, 0.25) is 0 Å². The second-order valence-electron chi connectivity index (χ2n) is 4.31. The molecule has 1 heterocycles. The molecule has 4 heteroatoms. The molecular formula is C14H15N3S. The summed E-state index contributed by atoms with van der Waals surface area (Å²) in [7, 11) is 0. The van der Waals surface area contributed by atoms with E-state index in [2.05, 4.69) is 25.0 Å². The fourth-order valence-corrected chi connectivity index (χ4v) is 2.34. The molecule has 2 aromatic rings. The van der Waals surface area contributed by atoms with Crippen LogP contribution in [0.4, 0.5) is 0 Å². The van der Waals surface area contributed by atoms with Crippen molar-refractivity contribution in [1.82, 2.24) is 9.78 Å². The first-order valence-electron chi connectivity index (χ1n) is 5.80. The van der Waals surface area contributed by atoms with Gasteiger partial charge >= 0.3 is 0 Å². The van der Waals surface area contributed by atoms with Crippen LogP contribution in [-0.4, -0.2) is 16.0 Å². The van der Waals surface area contributed by atoms with Crippen LogP contribution in [-0.2, 0) is 0 Å². The third-order valence-corrected chi connectivity index (χ3v) is 3.56. The van der Waals surface area contributed by atoms with Gasteiger partial charge in [0.05, 0.1) is 16.9 Å². The molecule has 3 nitrogen and oxygen atoms in total. The summed E-state index contributed by atoms with van der Waals surface area (Å²) < 4.78 is 1.79. The van der Waals surface area contributed by atoms with Gasteiger partial charge in [0, 0.05) is 11.1 Å².